The van der Waals surface area contributed by atoms with E-state index in [1.54, 1.807) is 13.3 Å². The van der Waals surface area contributed by atoms with Crippen molar-refractivity contribution >= 4 is 17.4 Å². The molecule has 1 rings (SSSR count). The Hall–Kier alpha value is -0.960. The lowest BCUT2D eigenvalue weighted by Gasteiger charge is -2.26. The third-order valence-electron chi connectivity index (χ3n) is 2.17. The number of alkyl halides is 1. The van der Waals surface area contributed by atoms with E-state index in [4.69, 9.17) is 16.3 Å². The average Bonchev–Trinajstić information content (AvgIpc) is 2.17. The molecule has 1 N–H and O–H groups in total. The molecule has 0 unspecified atom stereocenters. The Kier molecular flexibility index (Phi) is 4.21. The zero-order valence-corrected chi connectivity index (χ0v) is 10.1. The summed E-state index contributed by atoms with van der Waals surface area (Å²) in [6.07, 6.45) is 2.61. The summed E-state index contributed by atoms with van der Waals surface area (Å²) >= 11 is 5.73. The molecule has 0 radical (unpaired) electrons. The predicted octanol–water partition coefficient (Wildman–Crippen LogP) is 2.91. The molecule has 1 heterocycles. The van der Waals surface area contributed by atoms with Crippen molar-refractivity contribution in [3.05, 3.63) is 18.3 Å². The number of methoxy groups -OCH3 is 1. The second-order valence-corrected chi connectivity index (χ2v) is 4.38. The van der Waals surface area contributed by atoms with E-state index in [0.717, 1.165) is 18.0 Å². The fraction of sp³-hybridized carbons (Fsp3) is 0.545. The van der Waals surface area contributed by atoms with E-state index in [-0.39, 0.29) is 5.54 Å². The van der Waals surface area contributed by atoms with E-state index < -0.39 is 0 Å². The van der Waals surface area contributed by atoms with E-state index in [2.05, 4.69) is 24.1 Å². The van der Waals surface area contributed by atoms with Crippen LogP contribution >= 0.6 is 11.6 Å². The molecule has 0 spiro atoms. The summed E-state index contributed by atoms with van der Waals surface area (Å²) in [5.41, 5.74) is -0.0800. The van der Waals surface area contributed by atoms with Crippen molar-refractivity contribution < 1.29 is 4.74 Å². The molecule has 0 aromatic carbocycles. The van der Waals surface area contributed by atoms with Gasteiger partial charge in [-0.05, 0) is 32.4 Å². The van der Waals surface area contributed by atoms with Crippen LogP contribution in [-0.2, 0) is 0 Å². The summed E-state index contributed by atoms with van der Waals surface area (Å²) < 4.78 is 5.21. The summed E-state index contributed by atoms with van der Waals surface area (Å²) in [5, 5.41) is 3.32. The van der Waals surface area contributed by atoms with Crippen LogP contribution in [0.4, 0.5) is 5.82 Å². The zero-order chi connectivity index (χ0) is 11.3. The maximum absolute atomic E-state index is 5.73. The lowest BCUT2D eigenvalue weighted by atomic mass is 10.0. The average molecular weight is 229 g/mol. The molecular weight excluding hydrogens is 212 g/mol. The first-order chi connectivity index (χ1) is 7.09. The molecule has 15 heavy (non-hydrogen) atoms. The Morgan fingerprint density at radius 1 is 1.53 bits per heavy atom. The van der Waals surface area contributed by atoms with Crippen molar-refractivity contribution in [1.29, 1.82) is 0 Å². The van der Waals surface area contributed by atoms with Crippen LogP contribution < -0.4 is 10.1 Å². The van der Waals surface area contributed by atoms with E-state index in [1.807, 2.05) is 12.1 Å². The Morgan fingerprint density at radius 2 is 2.27 bits per heavy atom. The highest BCUT2D eigenvalue weighted by Gasteiger charge is 2.18. The monoisotopic (exact) mass is 228 g/mol. The highest BCUT2D eigenvalue weighted by Crippen LogP contribution is 2.25. The van der Waals surface area contributed by atoms with Gasteiger partial charge in [-0.3, -0.25) is 0 Å². The number of pyridine rings is 1. The largest absolute Gasteiger partial charge is 0.493 e. The minimum Gasteiger partial charge on any atom is -0.493 e. The number of rotatable bonds is 5. The normalized spacial score (nSPS) is 11.2. The molecule has 0 aliphatic carbocycles. The highest BCUT2D eigenvalue weighted by atomic mass is 35.5. The van der Waals surface area contributed by atoms with Crippen LogP contribution in [0.5, 0.6) is 5.75 Å². The number of nitrogens with one attached hydrogen (secondary N) is 1. The van der Waals surface area contributed by atoms with Crippen LogP contribution in [-0.4, -0.2) is 23.5 Å². The maximum Gasteiger partial charge on any atom is 0.169 e. The number of halogens is 1. The Balaban J connectivity index is 2.79. The van der Waals surface area contributed by atoms with Gasteiger partial charge in [0.2, 0.25) is 0 Å². The molecule has 4 heteroatoms. The Bertz CT molecular complexity index is 315. The molecule has 0 amide bonds. The predicted molar refractivity (Wildman–Crippen MR) is 63.8 cm³/mol. The smallest absolute Gasteiger partial charge is 0.169 e. The summed E-state index contributed by atoms with van der Waals surface area (Å²) in [5.74, 6) is 2.13. The molecule has 0 aliphatic rings. The number of aromatic nitrogens is 1. The van der Waals surface area contributed by atoms with Crippen LogP contribution in [0.25, 0.3) is 0 Å². The minimum absolute atomic E-state index is 0.0800. The van der Waals surface area contributed by atoms with Crippen molar-refractivity contribution in [2.45, 2.75) is 25.8 Å². The van der Waals surface area contributed by atoms with E-state index >= 15 is 0 Å². The van der Waals surface area contributed by atoms with E-state index in [1.165, 1.54) is 0 Å². The third-order valence-corrected chi connectivity index (χ3v) is 2.36. The van der Waals surface area contributed by atoms with Gasteiger partial charge in [0.05, 0.1) is 7.11 Å². The van der Waals surface area contributed by atoms with Gasteiger partial charge in [0.25, 0.3) is 0 Å². The molecule has 3 nitrogen and oxygen atoms in total. The number of ether oxygens (including phenoxy) is 1. The van der Waals surface area contributed by atoms with Crippen LogP contribution in [0, 0.1) is 0 Å². The first kappa shape index (κ1) is 12.1. The van der Waals surface area contributed by atoms with Crippen molar-refractivity contribution in [2.24, 2.45) is 0 Å². The van der Waals surface area contributed by atoms with Gasteiger partial charge in [-0.15, -0.1) is 11.6 Å². The highest BCUT2D eigenvalue weighted by molar-refractivity contribution is 6.17. The van der Waals surface area contributed by atoms with Gasteiger partial charge in [0, 0.05) is 17.6 Å². The fourth-order valence-corrected chi connectivity index (χ4v) is 1.74. The molecule has 0 aliphatic heterocycles. The van der Waals surface area contributed by atoms with Gasteiger partial charge in [0.1, 0.15) is 0 Å². The van der Waals surface area contributed by atoms with E-state index in [9.17, 15) is 0 Å². The minimum atomic E-state index is -0.0800. The molecule has 0 saturated heterocycles. The summed E-state index contributed by atoms with van der Waals surface area (Å²) in [7, 11) is 1.64. The summed E-state index contributed by atoms with van der Waals surface area (Å²) in [6, 6.07) is 3.73. The molecule has 0 bridgehead atoms. The van der Waals surface area contributed by atoms with Crippen molar-refractivity contribution in [2.75, 3.05) is 18.3 Å². The van der Waals surface area contributed by atoms with Crippen LogP contribution in [0.2, 0.25) is 0 Å². The quantitative estimate of drug-likeness (QED) is 0.787. The third kappa shape index (κ3) is 3.59. The first-order valence-corrected chi connectivity index (χ1v) is 5.45. The lowest BCUT2D eigenvalue weighted by molar-refractivity contribution is 0.412. The number of hydrogen-bond donors (Lipinski definition) is 1. The number of hydrogen-bond acceptors (Lipinski definition) is 3. The second kappa shape index (κ2) is 5.21. The standard InChI is InChI=1S/C11H17ClN2O/c1-11(2,6-7-12)14-10-9(15-3)5-4-8-13-10/h4-5,8H,6-7H2,1-3H3,(H,13,14). The first-order valence-electron chi connectivity index (χ1n) is 4.92. The lowest BCUT2D eigenvalue weighted by Crippen LogP contribution is -2.31. The van der Waals surface area contributed by atoms with E-state index in [0.29, 0.717) is 5.88 Å². The van der Waals surface area contributed by atoms with Crippen LogP contribution in [0.3, 0.4) is 0 Å². The molecule has 84 valence electrons. The number of anilines is 1. The molecule has 0 atom stereocenters. The van der Waals surface area contributed by atoms with Crippen LogP contribution in [0.1, 0.15) is 20.3 Å². The van der Waals surface area contributed by atoms with Gasteiger partial charge in [-0.1, -0.05) is 0 Å². The molecular formula is C11H17ClN2O. The van der Waals surface area contributed by atoms with Crippen molar-refractivity contribution in [1.82, 2.24) is 4.98 Å². The number of nitrogens with zero attached hydrogens (tertiary/aromatic N) is 1. The van der Waals surface area contributed by atoms with Gasteiger partial charge < -0.3 is 10.1 Å². The van der Waals surface area contributed by atoms with Crippen molar-refractivity contribution in [3.8, 4) is 5.75 Å². The van der Waals surface area contributed by atoms with Gasteiger partial charge in [-0.25, -0.2) is 4.98 Å². The zero-order valence-electron chi connectivity index (χ0n) is 9.38. The molecule has 1 aromatic heterocycles. The Labute approximate surface area is 95.8 Å². The molecule has 0 saturated carbocycles. The molecule has 0 fully saturated rings. The SMILES string of the molecule is COc1cccnc1NC(C)(C)CCCl. The summed E-state index contributed by atoms with van der Waals surface area (Å²) in [4.78, 5) is 4.24. The Morgan fingerprint density at radius 3 is 2.87 bits per heavy atom. The summed E-state index contributed by atoms with van der Waals surface area (Å²) in [6.45, 7) is 4.17. The van der Waals surface area contributed by atoms with Gasteiger partial charge >= 0.3 is 0 Å². The maximum atomic E-state index is 5.73. The topological polar surface area (TPSA) is 34.1 Å². The van der Waals surface area contributed by atoms with Gasteiger partial charge in [0.15, 0.2) is 11.6 Å². The van der Waals surface area contributed by atoms with Crippen LogP contribution in [0.15, 0.2) is 18.3 Å². The second-order valence-electron chi connectivity index (χ2n) is 4.00. The fourth-order valence-electron chi connectivity index (χ4n) is 1.27. The molecule has 1 aromatic rings. The van der Waals surface area contributed by atoms with Crippen molar-refractivity contribution in [3.63, 3.8) is 0 Å². The van der Waals surface area contributed by atoms with Gasteiger partial charge in [-0.2, -0.15) is 0 Å².